The van der Waals surface area contributed by atoms with Crippen molar-refractivity contribution in [3.8, 4) is 0 Å². The molecule has 0 aliphatic carbocycles. The number of nitrogens with one attached hydrogen (secondary N) is 1. The quantitative estimate of drug-likeness (QED) is 0.648. The Morgan fingerprint density at radius 2 is 1.95 bits per heavy atom. The van der Waals surface area contributed by atoms with Crippen molar-refractivity contribution in [3.63, 3.8) is 0 Å². The van der Waals surface area contributed by atoms with Gasteiger partial charge in [0, 0.05) is 23.9 Å². The maximum Gasteiger partial charge on any atom is 0.272 e. The Morgan fingerprint density at radius 1 is 1.25 bits per heavy atom. The predicted octanol–water partition coefficient (Wildman–Crippen LogP) is 3.05. The number of anilines is 1. The highest BCUT2D eigenvalue weighted by molar-refractivity contribution is 5.53. The van der Waals surface area contributed by atoms with E-state index >= 15 is 0 Å². The first-order chi connectivity index (χ1) is 9.58. The predicted molar refractivity (Wildman–Crippen MR) is 77.7 cm³/mol. The summed E-state index contributed by atoms with van der Waals surface area (Å²) in [7, 11) is 0. The number of nitrogens with zero attached hydrogens (tertiary/aromatic N) is 1. The lowest BCUT2D eigenvalue weighted by molar-refractivity contribution is -0.385. The Bertz CT molecular complexity index is 599. The van der Waals surface area contributed by atoms with Gasteiger partial charge in [0.2, 0.25) is 0 Å². The molecule has 2 rings (SSSR count). The fourth-order valence-corrected chi connectivity index (χ4v) is 1.98. The normalized spacial score (nSPS) is 11.9. The van der Waals surface area contributed by atoms with Gasteiger partial charge in [-0.3, -0.25) is 10.1 Å². The molecule has 0 saturated carbocycles. The number of benzene rings is 2. The van der Waals surface area contributed by atoms with Gasteiger partial charge in [-0.15, -0.1) is 0 Å². The van der Waals surface area contributed by atoms with Crippen LogP contribution in [0.15, 0.2) is 48.5 Å². The zero-order valence-electron chi connectivity index (χ0n) is 11.1. The van der Waals surface area contributed by atoms with E-state index in [2.05, 4.69) is 5.32 Å². The van der Waals surface area contributed by atoms with Crippen LogP contribution < -0.4 is 5.32 Å². The van der Waals surface area contributed by atoms with Gasteiger partial charge in [0.05, 0.1) is 11.0 Å². The summed E-state index contributed by atoms with van der Waals surface area (Å²) in [6.45, 7) is 2.04. The van der Waals surface area contributed by atoms with Crippen LogP contribution in [-0.2, 0) is 0 Å². The first-order valence-electron chi connectivity index (χ1n) is 6.30. The molecule has 1 atom stereocenters. The van der Waals surface area contributed by atoms with Gasteiger partial charge >= 0.3 is 0 Å². The van der Waals surface area contributed by atoms with Crippen molar-refractivity contribution in [2.75, 3.05) is 11.9 Å². The van der Waals surface area contributed by atoms with Gasteiger partial charge in [0.1, 0.15) is 0 Å². The lowest BCUT2D eigenvalue weighted by Crippen LogP contribution is -2.12. The standard InChI is InChI=1S/C15H16N2O3/c1-11-9-13(7-8-14(11)17(19)20)16-10-15(18)12-5-3-2-4-6-12/h2-9,15-16,18H,10H2,1H3. The zero-order chi connectivity index (χ0) is 14.5. The molecule has 2 N–H and O–H groups in total. The van der Waals surface area contributed by atoms with E-state index in [1.165, 1.54) is 6.07 Å². The third-order valence-corrected chi connectivity index (χ3v) is 3.08. The van der Waals surface area contributed by atoms with E-state index in [1.54, 1.807) is 19.1 Å². The zero-order valence-corrected chi connectivity index (χ0v) is 11.1. The fraction of sp³-hybridized carbons (Fsp3) is 0.200. The van der Waals surface area contributed by atoms with Crippen molar-refractivity contribution in [1.82, 2.24) is 0 Å². The third-order valence-electron chi connectivity index (χ3n) is 3.08. The molecule has 0 saturated heterocycles. The second-order valence-electron chi connectivity index (χ2n) is 4.57. The number of aliphatic hydroxyl groups is 1. The summed E-state index contributed by atoms with van der Waals surface area (Å²) in [6, 6.07) is 14.2. The average molecular weight is 272 g/mol. The summed E-state index contributed by atoms with van der Waals surface area (Å²) in [5, 5.41) is 23.8. The molecule has 0 bridgehead atoms. The van der Waals surface area contributed by atoms with E-state index < -0.39 is 11.0 Å². The second-order valence-corrected chi connectivity index (χ2v) is 4.57. The Balaban J connectivity index is 2.01. The van der Waals surface area contributed by atoms with Crippen LogP contribution in [0.4, 0.5) is 11.4 Å². The summed E-state index contributed by atoms with van der Waals surface area (Å²) in [5.74, 6) is 0. The minimum atomic E-state index is -0.619. The van der Waals surface area contributed by atoms with E-state index in [-0.39, 0.29) is 5.69 Å². The monoisotopic (exact) mass is 272 g/mol. The van der Waals surface area contributed by atoms with Gasteiger partial charge in [-0.05, 0) is 24.6 Å². The number of hydrogen-bond acceptors (Lipinski definition) is 4. The molecule has 104 valence electrons. The van der Waals surface area contributed by atoms with Crippen molar-refractivity contribution < 1.29 is 10.0 Å². The van der Waals surface area contributed by atoms with E-state index in [4.69, 9.17) is 0 Å². The van der Waals surface area contributed by atoms with Crippen molar-refractivity contribution >= 4 is 11.4 Å². The molecule has 0 aromatic heterocycles. The van der Waals surface area contributed by atoms with Gasteiger partial charge in [0.15, 0.2) is 0 Å². The first kappa shape index (κ1) is 14.0. The maximum absolute atomic E-state index is 10.7. The van der Waals surface area contributed by atoms with Crippen LogP contribution in [0.5, 0.6) is 0 Å². The molecular weight excluding hydrogens is 256 g/mol. The summed E-state index contributed by atoms with van der Waals surface area (Å²) in [5.41, 5.74) is 2.27. The van der Waals surface area contributed by atoms with Crippen LogP contribution in [0.1, 0.15) is 17.2 Å². The van der Waals surface area contributed by atoms with Gasteiger partial charge in [-0.2, -0.15) is 0 Å². The minimum Gasteiger partial charge on any atom is -0.387 e. The smallest absolute Gasteiger partial charge is 0.272 e. The molecule has 0 aliphatic rings. The van der Waals surface area contributed by atoms with Crippen LogP contribution in [0.2, 0.25) is 0 Å². The Morgan fingerprint density at radius 3 is 2.55 bits per heavy atom. The van der Waals surface area contributed by atoms with Crippen LogP contribution in [0.25, 0.3) is 0 Å². The number of hydrogen-bond donors (Lipinski definition) is 2. The van der Waals surface area contributed by atoms with Crippen molar-refractivity contribution in [3.05, 3.63) is 69.8 Å². The first-order valence-corrected chi connectivity index (χ1v) is 6.30. The number of nitro benzene ring substituents is 1. The summed E-state index contributed by atoms with van der Waals surface area (Å²) in [6.07, 6.45) is -0.619. The number of rotatable bonds is 5. The fourth-order valence-electron chi connectivity index (χ4n) is 1.98. The highest BCUT2D eigenvalue weighted by atomic mass is 16.6. The average Bonchev–Trinajstić information content (AvgIpc) is 2.45. The van der Waals surface area contributed by atoms with Gasteiger partial charge in [-0.25, -0.2) is 0 Å². The third kappa shape index (κ3) is 3.33. The molecule has 0 radical (unpaired) electrons. The molecule has 5 nitrogen and oxygen atoms in total. The van der Waals surface area contributed by atoms with E-state index in [0.29, 0.717) is 12.1 Å². The number of aliphatic hydroxyl groups excluding tert-OH is 1. The molecule has 0 amide bonds. The summed E-state index contributed by atoms with van der Waals surface area (Å²) >= 11 is 0. The SMILES string of the molecule is Cc1cc(NCC(O)c2ccccc2)ccc1[N+](=O)[O-]. The molecule has 0 fully saturated rings. The van der Waals surface area contributed by atoms with E-state index in [9.17, 15) is 15.2 Å². The molecule has 0 aliphatic heterocycles. The molecule has 0 heterocycles. The Kier molecular flexibility index (Phi) is 4.32. The molecule has 20 heavy (non-hydrogen) atoms. The van der Waals surface area contributed by atoms with E-state index in [0.717, 1.165) is 11.3 Å². The van der Waals surface area contributed by atoms with Gasteiger partial charge < -0.3 is 10.4 Å². The molecule has 0 spiro atoms. The van der Waals surface area contributed by atoms with Gasteiger partial charge in [-0.1, -0.05) is 30.3 Å². The molecule has 2 aromatic carbocycles. The molecular formula is C15H16N2O3. The molecule has 1 unspecified atom stereocenters. The van der Waals surface area contributed by atoms with Crippen LogP contribution in [0.3, 0.4) is 0 Å². The Labute approximate surface area is 117 Å². The maximum atomic E-state index is 10.7. The molecule has 2 aromatic rings. The highest BCUT2D eigenvalue weighted by Gasteiger charge is 2.11. The number of aryl methyl sites for hydroxylation is 1. The van der Waals surface area contributed by atoms with Crippen LogP contribution in [0, 0.1) is 17.0 Å². The van der Waals surface area contributed by atoms with Crippen molar-refractivity contribution in [1.29, 1.82) is 0 Å². The topological polar surface area (TPSA) is 75.4 Å². The Hall–Kier alpha value is -2.40. The van der Waals surface area contributed by atoms with Gasteiger partial charge in [0.25, 0.3) is 5.69 Å². The lowest BCUT2D eigenvalue weighted by Gasteiger charge is -2.13. The van der Waals surface area contributed by atoms with E-state index in [1.807, 2.05) is 30.3 Å². The van der Waals surface area contributed by atoms with Crippen molar-refractivity contribution in [2.45, 2.75) is 13.0 Å². The lowest BCUT2D eigenvalue weighted by atomic mass is 10.1. The minimum absolute atomic E-state index is 0.0964. The highest BCUT2D eigenvalue weighted by Crippen LogP contribution is 2.22. The molecule has 5 heteroatoms. The number of nitro groups is 1. The van der Waals surface area contributed by atoms with Crippen molar-refractivity contribution in [2.24, 2.45) is 0 Å². The summed E-state index contributed by atoms with van der Waals surface area (Å²) in [4.78, 5) is 10.3. The summed E-state index contributed by atoms with van der Waals surface area (Å²) < 4.78 is 0. The largest absolute Gasteiger partial charge is 0.387 e. The second kappa shape index (κ2) is 6.16. The van der Waals surface area contributed by atoms with Crippen LogP contribution in [-0.4, -0.2) is 16.6 Å². The van der Waals surface area contributed by atoms with Crippen LogP contribution >= 0.6 is 0 Å².